The Balaban J connectivity index is 1.51. The van der Waals surface area contributed by atoms with E-state index in [0.29, 0.717) is 18.2 Å². The Kier molecular flexibility index (Phi) is 4.68. The number of carbonyl (C=O) groups excluding carboxylic acids is 1. The van der Waals surface area contributed by atoms with Crippen molar-refractivity contribution in [1.82, 2.24) is 10.3 Å². The van der Waals surface area contributed by atoms with Crippen LogP contribution in [0.2, 0.25) is 0 Å². The Labute approximate surface area is 130 Å². The lowest BCUT2D eigenvalue weighted by molar-refractivity contribution is 0.0950. The van der Waals surface area contributed by atoms with Gasteiger partial charge in [-0.25, -0.2) is 0 Å². The summed E-state index contributed by atoms with van der Waals surface area (Å²) in [5.41, 5.74) is 1.62. The monoisotopic (exact) mass is 296 g/mol. The van der Waals surface area contributed by atoms with E-state index in [1.165, 1.54) is 12.8 Å². The number of pyridine rings is 1. The number of amides is 1. The van der Waals surface area contributed by atoms with E-state index in [1.54, 1.807) is 24.5 Å². The summed E-state index contributed by atoms with van der Waals surface area (Å²) in [7, 11) is 0. The maximum Gasteiger partial charge on any atom is 0.253 e. The zero-order chi connectivity index (χ0) is 15.2. The normalized spacial score (nSPS) is 14.7. The molecule has 1 aliphatic carbocycles. The molecule has 1 saturated carbocycles. The molecule has 0 spiro atoms. The van der Waals surface area contributed by atoms with Crippen LogP contribution in [-0.4, -0.2) is 17.0 Å². The second-order valence-electron chi connectivity index (χ2n) is 5.59. The topological polar surface area (TPSA) is 51.2 Å². The maximum atomic E-state index is 11.9. The molecule has 3 rings (SSSR count). The fourth-order valence-electron chi connectivity index (χ4n) is 2.67. The van der Waals surface area contributed by atoms with Gasteiger partial charge >= 0.3 is 0 Å². The van der Waals surface area contributed by atoms with Crippen LogP contribution in [0.4, 0.5) is 0 Å². The predicted molar refractivity (Wildman–Crippen MR) is 84.7 cm³/mol. The lowest BCUT2D eigenvalue weighted by Gasteiger charge is -2.13. The largest absolute Gasteiger partial charge is 0.490 e. The van der Waals surface area contributed by atoms with E-state index in [4.69, 9.17) is 4.74 Å². The number of rotatable bonds is 5. The molecule has 114 valence electrons. The van der Waals surface area contributed by atoms with Crippen molar-refractivity contribution in [2.75, 3.05) is 0 Å². The molecule has 22 heavy (non-hydrogen) atoms. The molecule has 1 fully saturated rings. The van der Waals surface area contributed by atoms with Gasteiger partial charge < -0.3 is 10.1 Å². The molecule has 1 aromatic carbocycles. The standard InChI is InChI=1S/C18H20N2O2/c21-18(15-4-3-11-19-13-15)20-12-14-7-9-17(10-8-14)22-16-5-1-2-6-16/h3-4,7-11,13,16H,1-2,5-6,12H2,(H,20,21). The quantitative estimate of drug-likeness (QED) is 0.920. The average Bonchev–Trinajstić information content (AvgIpc) is 3.08. The zero-order valence-corrected chi connectivity index (χ0v) is 12.5. The van der Waals surface area contributed by atoms with Gasteiger partial charge in [0.25, 0.3) is 5.91 Å². The number of hydrogen-bond acceptors (Lipinski definition) is 3. The maximum absolute atomic E-state index is 11.9. The van der Waals surface area contributed by atoms with Crippen LogP contribution in [-0.2, 0) is 6.54 Å². The van der Waals surface area contributed by atoms with Gasteiger partial charge in [0.05, 0.1) is 11.7 Å². The van der Waals surface area contributed by atoms with Gasteiger partial charge in [-0.15, -0.1) is 0 Å². The van der Waals surface area contributed by atoms with Crippen LogP contribution in [0.3, 0.4) is 0 Å². The smallest absolute Gasteiger partial charge is 0.253 e. The molecule has 0 radical (unpaired) electrons. The molecule has 1 aliphatic rings. The molecule has 0 aliphatic heterocycles. The van der Waals surface area contributed by atoms with Gasteiger partial charge in [-0.3, -0.25) is 9.78 Å². The molecular formula is C18H20N2O2. The van der Waals surface area contributed by atoms with Crippen molar-refractivity contribution < 1.29 is 9.53 Å². The van der Waals surface area contributed by atoms with E-state index < -0.39 is 0 Å². The molecule has 1 amide bonds. The molecule has 0 atom stereocenters. The summed E-state index contributed by atoms with van der Waals surface area (Å²) in [6, 6.07) is 11.4. The molecule has 4 heteroatoms. The van der Waals surface area contributed by atoms with Gasteiger partial charge in [-0.05, 0) is 55.5 Å². The number of nitrogens with one attached hydrogen (secondary N) is 1. The highest BCUT2D eigenvalue weighted by atomic mass is 16.5. The number of nitrogens with zero attached hydrogens (tertiary/aromatic N) is 1. The minimum Gasteiger partial charge on any atom is -0.490 e. The molecule has 0 saturated heterocycles. The number of benzene rings is 1. The lowest BCUT2D eigenvalue weighted by atomic mass is 10.2. The Morgan fingerprint density at radius 1 is 1.18 bits per heavy atom. The molecule has 1 N–H and O–H groups in total. The fraction of sp³-hybridized carbons (Fsp3) is 0.333. The number of hydrogen-bond donors (Lipinski definition) is 1. The van der Waals surface area contributed by atoms with Gasteiger partial charge in [-0.1, -0.05) is 12.1 Å². The first kappa shape index (κ1) is 14.6. The lowest BCUT2D eigenvalue weighted by Crippen LogP contribution is -2.22. The second kappa shape index (κ2) is 7.07. The van der Waals surface area contributed by atoms with Crippen LogP contribution in [0.25, 0.3) is 0 Å². The highest BCUT2D eigenvalue weighted by molar-refractivity contribution is 5.93. The van der Waals surface area contributed by atoms with Crippen molar-refractivity contribution in [3.63, 3.8) is 0 Å². The second-order valence-corrected chi connectivity index (χ2v) is 5.59. The molecule has 2 aromatic rings. The van der Waals surface area contributed by atoms with E-state index in [9.17, 15) is 4.79 Å². The van der Waals surface area contributed by atoms with Crippen molar-refractivity contribution >= 4 is 5.91 Å². The van der Waals surface area contributed by atoms with Gasteiger partial charge in [0.15, 0.2) is 0 Å². The highest BCUT2D eigenvalue weighted by Gasteiger charge is 2.16. The summed E-state index contributed by atoms with van der Waals surface area (Å²) in [6.45, 7) is 0.497. The van der Waals surface area contributed by atoms with Crippen LogP contribution in [0, 0.1) is 0 Å². The van der Waals surface area contributed by atoms with E-state index in [2.05, 4.69) is 10.3 Å². The van der Waals surface area contributed by atoms with Crippen LogP contribution < -0.4 is 10.1 Å². The van der Waals surface area contributed by atoms with Crippen molar-refractivity contribution in [2.24, 2.45) is 0 Å². The number of carbonyl (C=O) groups is 1. The molecule has 0 bridgehead atoms. The number of ether oxygens (including phenoxy) is 1. The van der Waals surface area contributed by atoms with Crippen LogP contribution in [0.15, 0.2) is 48.8 Å². The first-order valence-electron chi connectivity index (χ1n) is 7.75. The van der Waals surface area contributed by atoms with Crippen molar-refractivity contribution in [2.45, 2.75) is 38.3 Å². The van der Waals surface area contributed by atoms with Crippen LogP contribution in [0.5, 0.6) is 5.75 Å². The van der Waals surface area contributed by atoms with Gasteiger partial charge in [0.2, 0.25) is 0 Å². The third-order valence-electron chi connectivity index (χ3n) is 3.91. The summed E-state index contributed by atoms with van der Waals surface area (Å²) < 4.78 is 5.93. The van der Waals surface area contributed by atoms with E-state index in [-0.39, 0.29) is 5.91 Å². The van der Waals surface area contributed by atoms with Crippen molar-refractivity contribution in [3.05, 3.63) is 59.9 Å². The van der Waals surface area contributed by atoms with Crippen molar-refractivity contribution in [1.29, 1.82) is 0 Å². The van der Waals surface area contributed by atoms with E-state index in [1.807, 2.05) is 24.3 Å². The third-order valence-corrected chi connectivity index (χ3v) is 3.91. The molecule has 1 aromatic heterocycles. The average molecular weight is 296 g/mol. The van der Waals surface area contributed by atoms with Gasteiger partial charge in [0.1, 0.15) is 5.75 Å². The van der Waals surface area contributed by atoms with Gasteiger partial charge in [0, 0.05) is 18.9 Å². The zero-order valence-electron chi connectivity index (χ0n) is 12.5. The predicted octanol–water partition coefficient (Wildman–Crippen LogP) is 3.33. The summed E-state index contributed by atoms with van der Waals surface area (Å²) in [4.78, 5) is 15.9. The highest BCUT2D eigenvalue weighted by Crippen LogP contribution is 2.24. The SMILES string of the molecule is O=C(NCc1ccc(OC2CCCC2)cc1)c1cccnc1. The van der Waals surface area contributed by atoms with E-state index >= 15 is 0 Å². The Morgan fingerprint density at radius 2 is 1.95 bits per heavy atom. The summed E-state index contributed by atoms with van der Waals surface area (Å²) in [5, 5.41) is 2.89. The Bertz CT molecular complexity index is 605. The first-order valence-corrected chi connectivity index (χ1v) is 7.75. The minimum atomic E-state index is -0.112. The summed E-state index contributed by atoms with van der Waals surface area (Å²) >= 11 is 0. The Morgan fingerprint density at radius 3 is 2.64 bits per heavy atom. The molecule has 0 unspecified atom stereocenters. The summed E-state index contributed by atoms with van der Waals surface area (Å²) in [5.74, 6) is 0.800. The minimum absolute atomic E-state index is 0.112. The molecular weight excluding hydrogens is 276 g/mol. The van der Waals surface area contributed by atoms with E-state index in [0.717, 1.165) is 24.2 Å². The third kappa shape index (κ3) is 3.85. The molecule has 4 nitrogen and oxygen atoms in total. The summed E-state index contributed by atoms with van der Waals surface area (Å²) in [6.07, 6.45) is 8.43. The van der Waals surface area contributed by atoms with Crippen LogP contribution in [0.1, 0.15) is 41.6 Å². The van der Waals surface area contributed by atoms with Crippen molar-refractivity contribution in [3.8, 4) is 5.75 Å². The molecule has 1 heterocycles. The first-order chi connectivity index (χ1) is 10.8. The van der Waals surface area contributed by atoms with Gasteiger partial charge in [-0.2, -0.15) is 0 Å². The fourth-order valence-corrected chi connectivity index (χ4v) is 2.67. The number of aromatic nitrogens is 1. The van der Waals surface area contributed by atoms with Crippen LogP contribution >= 0.6 is 0 Å². The Hall–Kier alpha value is -2.36.